The predicted octanol–water partition coefficient (Wildman–Crippen LogP) is 12.9. The van der Waals surface area contributed by atoms with Crippen molar-refractivity contribution < 1.29 is 0 Å². The fourth-order valence-corrected chi connectivity index (χ4v) is 8.24. The first-order chi connectivity index (χ1) is 25.1. The van der Waals surface area contributed by atoms with Gasteiger partial charge in [-0.2, -0.15) is 0 Å². The molecule has 9 aromatic rings. The van der Waals surface area contributed by atoms with Gasteiger partial charge in [0.05, 0.1) is 0 Å². The summed E-state index contributed by atoms with van der Waals surface area (Å²) in [5.74, 6) is 1.97. The molecule has 51 heavy (non-hydrogen) atoms. The summed E-state index contributed by atoms with van der Waals surface area (Å²) >= 11 is 1.87. The minimum atomic E-state index is 0.653. The Hall–Kier alpha value is -6.23. The van der Waals surface area contributed by atoms with E-state index in [1.54, 1.807) is 0 Å². The van der Waals surface area contributed by atoms with Crippen molar-refractivity contribution in [3.05, 3.63) is 175 Å². The maximum absolute atomic E-state index is 5.03. The Morgan fingerprint density at radius 3 is 1.49 bits per heavy atom. The molecule has 0 saturated carbocycles. The largest absolute Gasteiger partial charge is 0.208 e. The van der Waals surface area contributed by atoms with Gasteiger partial charge in [-0.25, -0.2) is 15.0 Å². The van der Waals surface area contributed by atoms with Gasteiger partial charge in [-0.05, 0) is 70.5 Å². The van der Waals surface area contributed by atoms with Crippen LogP contribution in [0.1, 0.15) is 11.1 Å². The number of benzene rings is 7. The third-order valence-corrected chi connectivity index (χ3v) is 10.9. The summed E-state index contributed by atoms with van der Waals surface area (Å²) in [6.45, 7) is 4.39. The summed E-state index contributed by atoms with van der Waals surface area (Å²) in [6, 6.07) is 57.8. The Morgan fingerprint density at radius 2 is 0.824 bits per heavy atom. The Labute approximate surface area is 301 Å². The van der Waals surface area contributed by atoms with E-state index in [9.17, 15) is 0 Å². The van der Waals surface area contributed by atoms with Crippen molar-refractivity contribution in [2.45, 2.75) is 13.8 Å². The van der Waals surface area contributed by atoms with Crippen LogP contribution in [0.5, 0.6) is 0 Å². The van der Waals surface area contributed by atoms with E-state index >= 15 is 0 Å². The number of aryl methyl sites for hydroxylation is 2. The van der Waals surface area contributed by atoms with Gasteiger partial charge >= 0.3 is 0 Å². The summed E-state index contributed by atoms with van der Waals surface area (Å²) in [7, 11) is 0. The van der Waals surface area contributed by atoms with Crippen molar-refractivity contribution in [1.29, 1.82) is 0 Å². The van der Waals surface area contributed by atoms with Gasteiger partial charge < -0.3 is 0 Å². The van der Waals surface area contributed by atoms with Crippen molar-refractivity contribution in [3.8, 4) is 67.5 Å². The minimum absolute atomic E-state index is 0.653. The standard InChI is InChI=1S/C47H33N3S/c1-30-28-36(40-17-11-18-42-41-16-9-10-19-43(41)51-44(40)42)24-26-38(30)39-27-25-37(29-31(39)2)47-49-45(34-14-7-4-8-15-34)48-46(50-47)35-22-20-33(21-23-35)32-12-5-3-6-13-32/h3-29H,1-2H3. The van der Waals surface area contributed by atoms with Crippen LogP contribution in [0.4, 0.5) is 0 Å². The van der Waals surface area contributed by atoms with Crippen molar-refractivity contribution in [3.63, 3.8) is 0 Å². The molecule has 0 atom stereocenters. The van der Waals surface area contributed by atoms with Crippen LogP contribution >= 0.6 is 11.3 Å². The molecule has 7 aromatic carbocycles. The molecule has 2 heterocycles. The molecule has 0 aliphatic rings. The monoisotopic (exact) mass is 671 g/mol. The van der Waals surface area contributed by atoms with E-state index in [-0.39, 0.29) is 0 Å². The Morgan fingerprint density at radius 1 is 0.353 bits per heavy atom. The van der Waals surface area contributed by atoms with Crippen LogP contribution in [0.25, 0.3) is 87.7 Å². The number of aromatic nitrogens is 3. The third-order valence-electron chi connectivity index (χ3n) is 9.63. The van der Waals surface area contributed by atoms with E-state index < -0.39 is 0 Å². The molecular formula is C47H33N3S. The van der Waals surface area contributed by atoms with Gasteiger partial charge in [-0.1, -0.05) is 152 Å². The average Bonchev–Trinajstić information content (AvgIpc) is 3.58. The first kappa shape index (κ1) is 30.8. The highest BCUT2D eigenvalue weighted by Gasteiger charge is 2.16. The number of fused-ring (bicyclic) bond motifs is 3. The summed E-state index contributed by atoms with van der Waals surface area (Å²) in [6.07, 6.45) is 0. The van der Waals surface area contributed by atoms with E-state index in [0.717, 1.165) is 22.3 Å². The van der Waals surface area contributed by atoms with Crippen molar-refractivity contribution in [1.82, 2.24) is 15.0 Å². The first-order valence-corrected chi connectivity index (χ1v) is 18.0. The van der Waals surface area contributed by atoms with E-state index in [0.29, 0.717) is 17.5 Å². The molecule has 0 radical (unpaired) electrons. The quantitative estimate of drug-likeness (QED) is 0.177. The molecule has 2 aromatic heterocycles. The van der Waals surface area contributed by atoms with Gasteiger partial charge in [0, 0.05) is 36.9 Å². The molecule has 4 heteroatoms. The topological polar surface area (TPSA) is 38.7 Å². The lowest BCUT2D eigenvalue weighted by Crippen LogP contribution is -2.00. The highest BCUT2D eigenvalue weighted by Crippen LogP contribution is 2.41. The molecule has 0 N–H and O–H groups in total. The number of thiophene rings is 1. The Kier molecular flexibility index (Phi) is 7.79. The van der Waals surface area contributed by atoms with E-state index in [4.69, 9.17) is 15.0 Å². The van der Waals surface area contributed by atoms with Crippen LogP contribution in [0.3, 0.4) is 0 Å². The van der Waals surface area contributed by atoms with Crippen LogP contribution in [-0.2, 0) is 0 Å². The second-order valence-corrected chi connectivity index (χ2v) is 14.0. The zero-order valence-corrected chi connectivity index (χ0v) is 29.2. The lowest BCUT2D eigenvalue weighted by molar-refractivity contribution is 1.07. The molecule has 0 aliphatic heterocycles. The van der Waals surface area contributed by atoms with Gasteiger partial charge in [-0.3, -0.25) is 0 Å². The number of nitrogens with zero attached hydrogens (tertiary/aromatic N) is 3. The Bertz CT molecular complexity index is 2700. The predicted molar refractivity (Wildman–Crippen MR) is 215 cm³/mol. The normalized spacial score (nSPS) is 11.3. The third kappa shape index (κ3) is 5.80. The summed E-state index contributed by atoms with van der Waals surface area (Å²) < 4.78 is 2.66. The fourth-order valence-electron chi connectivity index (χ4n) is 7.01. The molecule has 0 bridgehead atoms. The van der Waals surface area contributed by atoms with Crippen LogP contribution in [-0.4, -0.2) is 15.0 Å². The van der Waals surface area contributed by atoms with Gasteiger partial charge in [0.25, 0.3) is 0 Å². The van der Waals surface area contributed by atoms with Crippen molar-refractivity contribution in [2.24, 2.45) is 0 Å². The summed E-state index contributed by atoms with van der Waals surface area (Å²) in [5.41, 5.74) is 12.6. The smallest absolute Gasteiger partial charge is 0.164 e. The average molecular weight is 672 g/mol. The molecule has 0 spiro atoms. The molecule has 0 amide bonds. The first-order valence-electron chi connectivity index (χ1n) is 17.2. The van der Waals surface area contributed by atoms with E-state index in [2.05, 4.69) is 141 Å². The second kappa shape index (κ2) is 12.9. The van der Waals surface area contributed by atoms with Gasteiger partial charge in [0.15, 0.2) is 17.5 Å². The van der Waals surface area contributed by atoms with Crippen molar-refractivity contribution >= 4 is 31.5 Å². The fraction of sp³-hybridized carbons (Fsp3) is 0.0426. The van der Waals surface area contributed by atoms with Gasteiger partial charge in [0.1, 0.15) is 0 Å². The van der Waals surface area contributed by atoms with Crippen LogP contribution in [0, 0.1) is 13.8 Å². The summed E-state index contributed by atoms with van der Waals surface area (Å²) in [5, 5.41) is 2.65. The maximum Gasteiger partial charge on any atom is 0.164 e. The highest BCUT2D eigenvalue weighted by molar-refractivity contribution is 7.26. The number of hydrogen-bond donors (Lipinski definition) is 0. The summed E-state index contributed by atoms with van der Waals surface area (Å²) in [4.78, 5) is 15.0. The zero-order chi connectivity index (χ0) is 34.3. The SMILES string of the molecule is Cc1cc(-c2nc(-c3ccccc3)nc(-c3ccc(-c4ccccc4)cc3)n2)ccc1-c1ccc(-c2cccc3c2sc2ccccc23)cc1C. The maximum atomic E-state index is 5.03. The van der Waals surface area contributed by atoms with E-state index in [1.807, 2.05) is 47.7 Å². The zero-order valence-electron chi connectivity index (χ0n) is 28.3. The minimum Gasteiger partial charge on any atom is -0.208 e. The second-order valence-electron chi connectivity index (χ2n) is 13.0. The lowest BCUT2D eigenvalue weighted by atomic mass is 9.92. The van der Waals surface area contributed by atoms with Crippen LogP contribution in [0.2, 0.25) is 0 Å². The molecule has 0 fully saturated rings. The van der Waals surface area contributed by atoms with Gasteiger partial charge in [0.2, 0.25) is 0 Å². The molecule has 0 saturated heterocycles. The van der Waals surface area contributed by atoms with E-state index in [1.165, 1.54) is 59.1 Å². The molecule has 0 aliphatic carbocycles. The lowest BCUT2D eigenvalue weighted by Gasteiger charge is -2.14. The molecule has 0 unspecified atom stereocenters. The Balaban J connectivity index is 1.07. The molecule has 9 rings (SSSR count). The van der Waals surface area contributed by atoms with Crippen LogP contribution in [0.15, 0.2) is 164 Å². The van der Waals surface area contributed by atoms with Crippen molar-refractivity contribution in [2.75, 3.05) is 0 Å². The van der Waals surface area contributed by atoms with Gasteiger partial charge in [-0.15, -0.1) is 11.3 Å². The number of rotatable bonds is 6. The van der Waals surface area contributed by atoms with Crippen LogP contribution < -0.4 is 0 Å². The number of hydrogen-bond acceptors (Lipinski definition) is 4. The molecule has 3 nitrogen and oxygen atoms in total. The highest BCUT2D eigenvalue weighted by atomic mass is 32.1. The molecular weight excluding hydrogens is 639 g/mol. The molecule has 242 valence electrons.